The molecule has 160 valence electrons. The number of hydrogen-bond acceptors (Lipinski definition) is 5. The quantitative estimate of drug-likeness (QED) is 0.456. The van der Waals surface area contributed by atoms with Crippen molar-refractivity contribution in [2.24, 2.45) is 0 Å². The van der Waals surface area contributed by atoms with Crippen molar-refractivity contribution >= 4 is 17.4 Å². The van der Waals surface area contributed by atoms with Crippen molar-refractivity contribution in [3.63, 3.8) is 0 Å². The highest BCUT2D eigenvalue weighted by Gasteiger charge is 2.31. The summed E-state index contributed by atoms with van der Waals surface area (Å²) >= 11 is 0. The van der Waals surface area contributed by atoms with Gasteiger partial charge in [0.15, 0.2) is 0 Å². The van der Waals surface area contributed by atoms with Crippen molar-refractivity contribution in [3.05, 3.63) is 63.1 Å². The van der Waals surface area contributed by atoms with E-state index in [9.17, 15) is 32.5 Å². The number of piperidine rings is 1. The first-order chi connectivity index (χ1) is 14.1. The van der Waals surface area contributed by atoms with Crippen LogP contribution >= 0.6 is 0 Å². The molecule has 0 radical (unpaired) electrons. The molecule has 1 aromatic carbocycles. The normalized spacial score (nSPS) is 15.2. The number of nitro groups is 1. The summed E-state index contributed by atoms with van der Waals surface area (Å²) in [5, 5.41) is 13.9. The number of benzene rings is 1. The molecule has 1 aliphatic heterocycles. The molecule has 0 unspecified atom stereocenters. The van der Waals surface area contributed by atoms with Crippen molar-refractivity contribution in [1.29, 1.82) is 0 Å². The van der Waals surface area contributed by atoms with E-state index >= 15 is 0 Å². The largest absolute Gasteiger partial charge is 0.417 e. The van der Waals surface area contributed by atoms with Gasteiger partial charge in [-0.2, -0.15) is 13.2 Å². The van der Waals surface area contributed by atoms with Gasteiger partial charge in [-0.3, -0.25) is 14.9 Å². The summed E-state index contributed by atoms with van der Waals surface area (Å²) in [6.07, 6.45) is -2.78. The molecule has 7 nitrogen and oxygen atoms in total. The fourth-order valence-electron chi connectivity index (χ4n) is 3.41. The first-order valence-corrected chi connectivity index (χ1v) is 9.10. The average Bonchev–Trinajstić information content (AvgIpc) is 2.67. The van der Waals surface area contributed by atoms with E-state index in [0.717, 1.165) is 24.4 Å². The highest BCUT2D eigenvalue weighted by atomic mass is 19.4. The Morgan fingerprint density at radius 2 is 1.93 bits per heavy atom. The molecular weight excluding hydrogens is 408 g/mol. The maximum absolute atomic E-state index is 13.7. The summed E-state index contributed by atoms with van der Waals surface area (Å²) in [6.45, 7) is 2.20. The highest BCUT2D eigenvalue weighted by Crippen LogP contribution is 2.30. The van der Waals surface area contributed by atoms with Crippen molar-refractivity contribution in [2.45, 2.75) is 32.0 Å². The monoisotopic (exact) mass is 426 g/mol. The molecule has 1 fully saturated rings. The van der Waals surface area contributed by atoms with E-state index < -0.39 is 34.1 Å². The van der Waals surface area contributed by atoms with Crippen LogP contribution in [0, 0.1) is 22.9 Å². The van der Waals surface area contributed by atoms with Crippen molar-refractivity contribution in [3.8, 4) is 0 Å². The number of nitrogens with zero attached hydrogens (tertiary/aromatic N) is 3. The summed E-state index contributed by atoms with van der Waals surface area (Å²) in [6, 6.07) is 3.76. The molecule has 2 heterocycles. The van der Waals surface area contributed by atoms with E-state index in [0.29, 0.717) is 31.7 Å². The minimum atomic E-state index is -4.46. The first-order valence-electron chi connectivity index (χ1n) is 9.10. The predicted octanol–water partition coefficient (Wildman–Crippen LogP) is 3.85. The van der Waals surface area contributed by atoms with Crippen molar-refractivity contribution < 1.29 is 27.3 Å². The Labute approximate surface area is 168 Å². The van der Waals surface area contributed by atoms with E-state index in [-0.39, 0.29) is 17.2 Å². The Balaban J connectivity index is 1.64. The van der Waals surface area contributed by atoms with Gasteiger partial charge in [0.1, 0.15) is 17.2 Å². The van der Waals surface area contributed by atoms with Crippen molar-refractivity contribution in [1.82, 2.24) is 10.3 Å². The standard InChI is InChI=1S/C19H18F4N4O3/c1-11-8-13(20)9-15(17(11)27(29)30)18(28)25-14-4-6-26(7-5-14)16-3-2-12(10-24-16)19(21,22)23/h2-3,8-10,14H,4-7H2,1H3,(H,25,28). The van der Waals surface area contributed by atoms with E-state index in [1.54, 1.807) is 4.90 Å². The third-order valence-corrected chi connectivity index (χ3v) is 4.92. The van der Waals surface area contributed by atoms with Gasteiger partial charge in [0.05, 0.1) is 10.5 Å². The lowest BCUT2D eigenvalue weighted by atomic mass is 10.0. The number of hydrogen-bond donors (Lipinski definition) is 1. The van der Waals surface area contributed by atoms with E-state index in [2.05, 4.69) is 10.3 Å². The van der Waals surface area contributed by atoms with Gasteiger partial charge in [0.25, 0.3) is 11.6 Å². The number of aryl methyl sites for hydroxylation is 1. The first kappa shape index (κ1) is 21.5. The van der Waals surface area contributed by atoms with E-state index in [1.165, 1.54) is 13.0 Å². The van der Waals surface area contributed by atoms with E-state index in [4.69, 9.17) is 0 Å². The van der Waals surface area contributed by atoms with Gasteiger partial charge in [-0.25, -0.2) is 9.37 Å². The van der Waals surface area contributed by atoms with E-state index in [1.807, 2.05) is 0 Å². The van der Waals surface area contributed by atoms with Gasteiger partial charge in [-0.15, -0.1) is 0 Å². The van der Waals surface area contributed by atoms with Crippen LogP contribution in [-0.2, 0) is 6.18 Å². The molecule has 0 bridgehead atoms. The van der Waals surface area contributed by atoms with Gasteiger partial charge in [0.2, 0.25) is 0 Å². The Hall–Kier alpha value is -3.24. The molecule has 2 aromatic rings. The summed E-state index contributed by atoms with van der Waals surface area (Å²) in [5.41, 5.74) is -1.57. The molecule has 1 aliphatic rings. The maximum atomic E-state index is 13.7. The SMILES string of the molecule is Cc1cc(F)cc(C(=O)NC2CCN(c3ccc(C(F)(F)F)cn3)CC2)c1[N+](=O)[O-]. The van der Waals surface area contributed by atoms with Crippen LogP contribution in [0.5, 0.6) is 0 Å². The zero-order chi connectivity index (χ0) is 22.1. The number of anilines is 1. The van der Waals surface area contributed by atoms with Gasteiger partial charge in [-0.05, 0) is 44.0 Å². The minimum absolute atomic E-state index is 0.0494. The number of carbonyl (C=O) groups is 1. The molecule has 1 N–H and O–H groups in total. The number of nitrogens with one attached hydrogen (secondary N) is 1. The second-order valence-electron chi connectivity index (χ2n) is 7.01. The smallest absolute Gasteiger partial charge is 0.356 e. The Bertz CT molecular complexity index is 955. The summed E-state index contributed by atoms with van der Waals surface area (Å²) in [5.74, 6) is -1.09. The molecule has 0 spiro atoms. The zero-order valence-corrected chi connectivity index (χ0v) is 15.9. The molecule has 3 rings (SSSR count). The zero-order valence-electron chi connectivity index (χ0n) is 15.9. The molecule has 0 saturated carbocycles. The topological polar surface area (TPSA) is 88.4 Å². The second kappa shape index (κ2) is 8.25. The second-order valence-corrected chi connectivity index (χ2v) is 7.01. The molecule has 0 aliphatic carbocycles. The Kier molecular flexibility index (Phi) is 5.90. The highest BCUT2D eigenvalue weighted by molar-refractivity contribution is 5.98. The fraction of sp³-hybridized carbons (Fsp3) is 0.368. The molecule has 30 heavy (non-hydrogen) atoms. The number of halogens is 4. The molecule has 11 heteroatoms. The van der Waals surface area contributed by atoms with Crippen LogP contribution in [0.4, 0.5) is 29.1 Å². The number of aromatic nitrogens is 1. The third-order valence-electron chi connectivity index (χ3n) is 4.92. The lowest BCUT2D eigenvalue weighted by Crippen LogP contribution is -2.45. The third kappa shape index (κ3) is 4.66. The van der Waals surface area contributed by atoms with Gasteiger partial charge >= 0.3 is 6.18 Å². The van der Waals surface area contributed by atoms with Crippen LogP contribution in [0.2, 0.25) is 0 Å². The predicted molar refractivity (Wildman–Crippen MR) is 99.7 cm³/mol. The van der Waals surface area contributed by atoms with Crippen LogP contribution in [0.1, 0.15) is 34.3 Å². The van der Waals surface area contributed by atoms with Crippen LogP contribution in [0.3, 0.4) is 0 Å². The molecular formula is C19H18F4N4O3. The summed E-state index contributed by atoms with van der Waals surface area (Å²) in [4.78, 5) is 28.7. The maximum Gasteiger partial charge on any atom is 0.417 e. The number of alkyl halides is 3. The minimum Gasteiger partial charge on any atom is -0.356 e. The number of nitro benzene ring substituents is 1. The average molecular weight is 426 g/mol. The number of rotatable bonds is 4. The molecule has 1 aromatic heterocycles. The van der Waals surface area contributed by atoms with Crippen LogP contribution in [-0.4, -0.2) is 34.9 Å². The number of carbonyl (C=O) groups excluding carboxylic acids is 1. The molecule has 1 amide bonds. The number of amides is 1. The molecule has 1 saturated heterocycles. The van der Waals surface area contributed by atoms with Crippen LogP contribution < -0.4 is 10.2 Å². The lowest BCUT2D eigenvalue weighted by Gasteiger charge is -2.33. The summed E-state index contributed by atoms with van der Waals surface area (Å²) < 4.78 is 51.6. The van der Waals surface area contributed by atoms with Crippen LogP contribution in [0.15, 0.2) is 30.5 Å². The van der Waals surface area contributed by atoms with Crippen molar-refractivity contribution in [2.75, 3.05) is 18.0 Å². The van der Waals surface area contributed by atoms with Gasteiger partial charge < -0.3 is 10.2 Å². The molecule has 0 atom stereocenters. The van der Waals surface area contributed by atoms with Gasteiger partial charge in [-0.1, -0.05) is 0 Å². The number of pyridine rings is 1. The van der Waals surface area contributed by atoms with Crippen LogP contribution in [0.25, 0.3) is 0 Å². The van der Waals surface area contributed by atoms with Gasteiger partial charge in [0, 0.05) is 30.9 Å². The fourth-order valence-corrected chi connectivity index (χ4v) is 3.41. The lowest BCUT2D eigenvalue weighted by molar-refractivity contribution is -0.385. The summed E-state index contributed by atoms with van der Waals surface area (Å²) in [7, 11) is 0. The Morgan fingerprint density at radius 3 is 2.47 bits per heavy atom. The Morgan fingerprint density at radius 1 is 1.27 bits per heavy atom.